The first kappa shape index (κ1) is 13.4. The van der Waals surface area contributed by atoms with Crippen LogP contribution in [0, 0.1) is 11.7 Å². The van der Waals surface area contributed by atoms with Gasteiger partial charge in [-0.25, -0.2) is 4.39 Å². The highest BCUT2D eigenvalue weighted by molar-refractivity contribution is 5.18. The average molecular weight is 252 g/mol. The molecule has 18 heavy (non-hydrogen) atoms. The smallest absolute Gasteiger partial charge is 0.141 e. The Hall–Kier alpha value is -1.00. The van der Waals surface area contributed by atoms with E-state index in [-0.39, 0.29) is 29.0 Å². The summed E-state index contributed by atoms with van der Waals surface area (Å²) >= 11 is 0. The molecule has 4 heteroatoms. The van der Waals surface area contributed by atoms with Gasteiger partial charge in [0.1, 0.15) is 5.82 Å². The Kier molecular flexibility index (Phi) is 3.19. The molecule has 1 aromatic heterocycles. The number of hydrogen-bond acceptors (Lipinski definition) is 3. The maximum Gasteiger partial charge on any atom is 0.141 e. The van der Waals surface area contributed by atoms with Crippen LogP contribution in [0.2, 0.25) is 0 Å². The zero-order chi connectivity index (χ0) is 13.6. The number of ether oxygens (including phenoxy) is 1. The maximum absolute atomic E-state index is 13.2. The van der Waals surface area contributed by atoms with E-state index in [4.69, 9.17) is 10.5 Å². The van der Waals surface area contributed by atoms with E-state index < -0.39 is 0 Å². The van der Waals surface area contributed by atoms with Crippen LogP contribution >= 0.6 is 0 Å². The van der Waals surface area contributed by atoms with E-state index in [9.17, 15) is 4.39 Å². The third-order valence-corrected chi connectivity index (χ3v) is 3.69. The molecule has 1 saturated heterocycles. The fourth-order valence-electron chi connectivity index (χ4n) is 3.01. The third kappa shape index (κ3) is 2.54. The van der Waals surface area contributed by atoms with Crippen molar-refractivity contribution in [2.24, 2.45) is 11.7 Å². The van der Waals surface area contributed by atoms with Gasteiger partial charge in [0.05, 0.1) is 17.4 Å². The molecule has 0 radical (unpaired) electrons. The highest BCUT2D eigenvalue weighted by atomic mass is 19.1. The molecule has 0 spiro atoms. The summed E-state index contributed by atoms with van der Waals surface area (Å²) in [5.41, 5.74) is 6.51. The second-order valence-corrected chi connectivity index (χ2v) is 6.24. The predicted molar refractivity (Wildman–Crippen MR) is 68.5 cm³/mol. The topological polar surface area (TPSA) is 48.1 Å². The molecule has 1 aliphatic heterocycles. The summed E-state index contributed by atoms with van der Waals surface area (Å²) in [5, 5.41) is 0. The van der Waals surface area contributed by atoms with Crippen molar-refractivity contribution in [3.8, 4) is 0 Å². The molecule has 0 aliphatic carbocycles. The number of nitrogens with zero attached hydrogens (tertiary/aromatic N) is 1. The molecule has 3 nitrogen and oxygen atoms in total. The Balaban J connectivity index is 2.26. The molecule has 100 valence electrons. The minimum atomic E-state index is -0.348. The van der Waals surface area contributed by atoms with Crippen LogP contribution < -0.4 is 5.73 Å². The molecule has 0 aromatic carbocycles. The molecule has 2 heterocycles. The van der Waals surface area contributed by atoms with Crippen LogP contribution in [0.1, 0.15) is 45.7 Å². The van der Waals surface area contributed by atoms with Crippen LogP contribution in [0.15, 0.2) is 18.5 Å². The summed E-state index contributed by atoms with van der Waals surface area (Å²) in [4.78, 5) is 3.86. The molecule has 0 bridgehead atoms. The third-order valence-electron chi connectivity index (χ3n) is 3.69. The van der Waals surface area contributed by atoms with Gasteiger partial charge in [-0.1, -0.05) is 0 Å². The zero-order valence-electron chi connectivity index (χ0n) is 11.4. The Morgan fingerprint density at radius 2 is 2.06 bits per heavy atom. The van der Waals surface area contributed by atoms with E-state index in [0.29, 0.717) is 0 Å². The van der Waals surface area contributed by atoms with Crippen molar-refractivity contribution in [3.05, 3.63) is 29.8 Å². The molecule has 1 aromatic rings. The molecule has 2 N–H and O–H groups in total. The Morgan fingerprint density at radius 3 is 2.56 bits per heavy atom. The second kappa shape index (κ2) is 4.28. The van der Waals surface area contributed by atoms with Gasteiger partial charge in [0.25, 0.3) is 0 Å². The number of aromatic nitrogens is 1. The van der Waals surface area contributed by atoms with Crippen LogP contribution in [-0.4, -0.2) is 16.2 Å². The Labute approximate surface area is 108 Å². The number of nitrogens with two attached hydrogens (primary N) is 1. The van der Waals surface area contributed by atoms with Gasteiger partial charge >= 0.3 is 0 Å². The van der Waals surface area contributed by atoms with Crippen LogP contribution in [0.3, 0.4) is 0 Å². The van der Waals surface area contributed by atoms with Gasteiger partial charge in [0, 0.05) is 18.2 Å². The molecule has 0 amide bonds. The summed E-state index contributed by atoms with van der Waals surface area (Å²) in [6.07, 6.45) is 3.68. The number of rotatable bonds is 2. The first-order valence-corrected chi connectivity index (χ1v) is 6.27. The van der Waals surface area contributed by atoms with Crippen LogP contribution in [0.25, 0.3) is 0 Å². The van der Waals surface area contributed by atoms with Crippen molar-refractivity contribution in [2.75, 3.05) is 0 Å². The maximum atomic E-state index is 13.2. The molecule has 0 saturated carbocycles. The van der Waals surface area contributed by atoms with Crippen molar-refractivity contribution < 1.29 is 9.13 Å². The van der Waals surface area contributed by atoms with E-state index in [0.717, 1.165) is 12.0 Å². The van der Waals surface area contributed by atoms with E-state index in [2.05, 4.69) is 18.8 Å². The summed E-state index contributed by atoms with van der Waals surface area (Å²) in [7, 11) is 0. The van der Waals surface area contributed by atoms with Gasteiger partial charge in [-0.2, -0.15) is 0 Å². The Morgan fingerprint density at radius 1 is 1.39 bits per heavy atom. The quantitative estimate of drug-likeness (QED) is 0.880. The highest BCUT2D eigenvalue weighted by Crippen LogP contribution is 2.46. The van der Waals surface area contributed by atoms with E-state index in [1.165, 1.54) is 12.3 Å². The van der Waals surface area contributed by atoms with E-state index >= 15 is 0 Å². The predicted octanol–water partition coefficient (Wildman–Crippen LogP) is 2.81. The first-order chi connectivity index (χ1) is 8.21. The lowest BCUT2D eigenvalue weighted by Crippen LogP contribution is -2.35. The van der Waals surface area contributed by atoms with E-state index in [1.807, 2.05) is 13.8 Å². The van der Waals surface area contributed by atoms with Gasteiger partial charge in [0.2, 0.25) is 0 Å². The fourth-order valence-corrected chi connectivity index (χ4v) is 3.01. The molecule has 2 atom stereocenters. The van der Waals surface area contributed by atoms with Crippen LogP contribution in [0.5, 0.6) is 0 Å². The second-order valence-electron chi connectivity index (χ2n) is 6.24. The lowest BCUT2D eigenvalue weighted by molar-refractivity contribution is -0.0767. The average Bonchev–Trinajstić information content (AvgIpc) is 2.45. The van der Waals surface area contributed by atoms with Gasteiger partial charge in [-0.15, -0.1) is 0 Å². The lowest BCUT2D eigenvalue weighted by atomic mass is 9.80. The molecular weight excluding hydrogens is 231 g/mol. The molecule has 1 fully saturated rings. The standard InChI is InChI=1S/C14H21FN2O/c1-13(2)6-11(14(3,4)18-13)12(16)9-5-10(15)8-17-7-9/h5,7-8,11-12H,6,16H2,1-4H3. The molecule has 1 aliphatic rings. The summed E-state index contributed by atoms with van der Waals surface area (Å²) in [6.45, 7) is 8.20. The summed E-state index contributed by atoms with van der Waals surface area (Å²) in [6, 6.07) is 1.20. The number of halogens is 1. The van der Waals surface area contributed by atoms with Gasteiger partial charge < -0.3 is 10.5 Å². The monoisotopic (exact) mass is 252 g/mol. The first-order valence-electron chi connectivity index (χ1n) is 6.27. The molecule has 2 rings (SSSR count). The fraction of sp³-hybridized carbons (Fsp3) is 0.643. The SMILES string of the molecule is CC1(C)CC(C(N)c2cncc(F)c2)C(C)(C)O1. The number of hydrogen-bond donors (Lipinski definition) is 1. The van der Waals surface area contributed by atoms with Crippen molar-refractivity contribution in [2.45, 2.75) is 51.4 Å². The van der Waals surface area contributed by atoms with Gasteiger partial charge in [-0.05, 0) is 45.7 Å². The lowest BCUT2D eigenvalue weighted by Gasteiger charge is -2.31. The van der Waals surface area contributed by atoms with Gasteiger partial charge in [0.15, 0.2) is 0 Å². The summed E-state index contributed by atoms with van der Waals surface area (Å²) < 4.78 is 19.2. The van der Waals surface area contributed by atoms with Crippen molar-refractivity contribution in [1.29, 1.82) is 0 Å². The van der Waals surface area contributed by atoms with Gasteiger partial charge in [-0.3, -0.25) is 4.98 Å². The van der Waals surface area contributed by atoms with E-state index in [1.54, 1.807) is 6.20 Å². The minimum absolute atomic E-state index is 0.149. The highest BCUT2D eigenvalue weighted by Gasteiger charge is 2.48. The largest absolute Gasteiger partial charge is 0.369 e. The summed E-state index contributed by atoms with van der Waals surface area (Å²) in [5.74, 6) is -0.199. The zero-order valence-corrected chi connectivity index (χ0v) is 11.4. The minimum Gasteiger partial charge on any atom is -0.369 e. The molecular formula is C14H21FN2O. The Bertz CT molecular complexity index is 445. The normalized spacial score (nSPS) is 27.1. The number of pyridine rings is 1. The van der Waals surface area contributed by atoms with Crippen LogP contribution in [-0.2, 0) is 4.74 Å². The van der Waals surface area contributed by atoms with Crippen molar-refractivity contribution >= 4 is 0 Å². The van der Waals surface area contributed by atoms with Crippen LogP contribution in [0.4, 0.5) is 4.39 Å². The molecule has 2 unspecified atom stereocenters. The van der Waals surface area contributed by atoms with Crippen molar-refractivity contribution in [1.82, 2.24) is 4.98 Å². The van der Waals surface area contributed by atoms with Crippen molar-refractivity contribution in [3.63, 3.8) is 0 Å².